The molecule has 3 aliphatic rings. The van der Waals surface area contributed by atoms with Crippen molar-refractivity contribution in [1.29, 1.82) is 0 Å². The topological polar surface area (TPSA) is 64.1 Å². The first-order chi connectivity index (χ1) is 13.6. The highest BCUT2D eigenvalue weighted by Crippen LogP contribution is 2.50. The fourth-order valence-corrected chi connectivity index (χ4v) is 5.08. The molecule has 0 unspecified atom stereocenters. The van der Waals surface area contributed by atoms with Gasteiger partial charge in [-0.3, -0.25) is 9.88 Å². The number of aliphatic hydroxyl groups is 1. The summed E-state index contributed by atoms with van der Waals surface area (Å²) in [5.41, 5.74) is 2.19. The van der Waals surface area contributed by atoms with Crippen LogP contribution in [0.3, 0.4) is 0 Å². The van der Waals surface area contributed by atoms with Crippen LogP contribution >= 0.6 is 0 Å². The van der Waals surface area contributed by atoms with Crippen molar-refractivity contribution in [3.63, 3.8) is 0 Å². The van der Waals surface area contributed by atoms with E-state index in [1.54, 1.807) is 7.11 Å². The highest BCUT2D eigenvalue weighted by Gasteiger charge is 2.53. The summed E-state index contributed by atoms with van der Waals surface area (Å²) in [5.74, 6) is 3.03. The smallest absolute Gasteiger partial charge is 0.231 e. The van der Waals surface area contributed by atoms with E-state index in [0.717, 1.165) is 66.5 Å². The van der Waals surface area contributed by atoms with Crippen LogP contribution in [-0.4, -0.2) is 42.0 Å². The molecule has 5 rings (SSSR count). The quantitative estimate of drug-likeness (QED) is 0.877. The Kier molecular flexibility index (Phi) is 4.21. The Morgan fingerprint density at radius 2 is 2.07 bits per heavy atom. The second-order valence-electron chi connectivity index (χ2n) is 8.26. The monoisotopic (exact) mass is 382 g/mol. The molecule has 0 bridgehead atoms. The van der Waals surface area contributed by atoms with Crippen LogP contribution in [0.2, 0.25) is 0 Å². The molecular weight excluding hydrogens is 356 g/mol. The lowest BCUT2D eigenvalue weighted by Crippen LogP contribution is -2.35. The molecule has 2 aliphatic heterocycles. The molecule has 6 nitrogen and oxygen atoms in total. The van der Waals surface area contributed by atoms with Crippen molar-refractivity contribution >= 4 is 0 Å². The van der Waals surface area contributed by atoms with Crippen LogP contribution < -0.4 is 14.2 Å². The van der Waals surface area contributed by atoms with Gasteiger partial charge in [-0.25, -0.2) is 0 Å². The number of nitrogens with zero attached hydrogens (tertiary/aromatic N) is 2. The van der Waals surface area contributed by atoms with Gasteiger partial charge in [-0.15, -0.1) is 0 Å². The van der Waals surface area contributed by atoms with Crippen LogP contribution in [0, 0.1) is 18.8 Å². The van der Waals surface area contributed by atoms with E-state index in [1.807, 2.05) is 37.4 Å². The summed E-state index contributed by atoms with van der Waals surface area (Å²) in [6.07, 6.45) is 3.68. The molecule has 0 radical (unpaired) electrons. The maximum absolute atomic E-state index is 11.5. The van der Waals surface area contributed by atoms with Gasteiger partial charge in [0.25, 0.3) is 0 Å². The maximum Gasteiger partial charge on any atom is 0.231 e. The lowest BCUT2D eigenvalue weighted by atomic mass is 9.85. The molecule has 0 spiro atoms. The molecule has 28 heavy (non-hydrogen) atoms. The summed E-state index contributed by atoms with van der Waals surface area (Å²) in [4.78, 5) is 6.96. The third-order valence-corrected chi connectivity index (χ3v) is 6.55. The van der Waals surface area contributed by atoms with Gasteiger partial charge >= 0.3 is 0 Å². The molecule has 1 aromatic heterocycles. The van der Waals surface area contributed by atoms with Crippen molar-refractivity contribution in [3.8, 4) is 17.2 Å². The number of benzene rings is 1. The van der Waals surface area contributed by atoms with E-state index in [1.165, 1.54) is 0 Å². The van der Waals surface area contributed by atoms with E-state index in [2.05, 4.69) is 9.88 Å². The molecule has 6 heteroatoms. The normalized spacial score (nSPS) is 28.5. The number of likely N-dealkylation sites (tertiary alicyclic amines) is 1. The molecule has 2 fully saturated rings. The van der Waals surface area contributed by atoms with Crippen LogP contribution in [0.1, 0.15) is 29.7 Å². The molecular formula is C22H26N2O4. The molecule has 1 saturated carbocycles. The number of fused-ring (bicyclic) bond motifs is 2. The minimum atomic E-state index is -0.827. The predicted octanol–water partition coefficient (Wildman–Crippen LogP) is 2.86. The van der Waals surface area contributed by atoms with Crippen LogP contribution in [0.15, 0.2) is 30.5 Å². The minimum Gasteiger partial charge on any atom is -0.496 e. The molecule has 1 aliphatic carbocycles. The van der Waals surface area contributed by atoms with Gasteiger partial charge in [0.1, 0.15) is 11.4 Å². The second kappa shape index (κ2) is 6.64. The molecule has 3 atom stereocenters. The summed E-state index contributed by atoms with van der Waals surface area (Å²) in [6.45, 7) is 4.88. The van der Waals surface area contributed by atoms with Crippen molar-refractivity contribution in [2.75, 3.05) is 27.0 Å². The number of methoxy groups -OCH3 is 1. The molecule has 148 valence electrons. The number of aryl methyl sites for hydroxylation is 1. The fraction of sp³-hybridized carbons (Fsp3) is 0.500. The van der Waals surface area contributed by atoms with Gasteiger partial charge in [-0.2, -0.15) is 0 Å². The Labute approximate surface area is 165 Å². The summed E-state index contributed by atoms with van der Waals surface area (Å²) < 4.78 is 16.6. The Morgan fingerprint density at radius 3 is 2.82 bits per heavy atom. The van der Waals surface area contributed by atoms with Gasteiger partial charge in [-0.05, 0) is 43.4 Å². The summed E-state index contributed by atoms with van der Waals surface area (Å²) >= 11 is 0. The summed E-state index contributed by atoms with van der Waals surface area (Å²) in [6, 6.07) is 7.95. The summed E-state index contributed by atoms with van der Waals surface area (Å²) in [7, 11) is 1.68. The zero-order valence-corrected chi connectivity index (χ0v) is 16.4. The van der Waals surface area contributed by atoms with E-state index in [-0.39, 0.29) is 12.7 Å². The molecule has 3 heterocycles. The predicted molar refractivity (Wildman–Crippen MR) is 103 cm³/mol. The number of hydrogen-bond acceptors (Lipinski definition) is 6. The van der Waals surface area contributed by atoms with Crippen LogP contribution in [0.5, 0.6) is 17.2 Å². The average molecular weight is 382 g/mol. The van der Waals surface area contributed by atoms with Crippen molar-refractivity contribution in [2.45, 2.75) is 31.9 Å². The highest BCUT2D eigenvalue weighted by molar-refractivity contribution is 5.51. The van der Waals surface area contributed by atoms with Crippen LogP contribution in [0.25, 0.3) is 0 Å². The zero-order chi connectivity index (χ0) is 19.3. The third-order valence-electron chi connectivity index (χ3n) is 6.55. The van der Waals surface area contributed by atoms with E-state index in [9.17, 15) is 5.11 Å². The first kappa shape index (κ1) is 17.8. The zero-order valence-electron chi connectivity index (χ0n) is 16.4. The van der Waals surface area contributed by atoms with Gasteiger partial charge in [0, 0.05) is 43.4 Å². The van der Waals surface area contributed by atoms with E-state index in [0.29, 0.717) is 5.92 Å². The largest absolute Gasteiger partial charge is 0.496 e. The van der Waals surface area contributed by atoms with Crippen molar-refractivity contribution in [1.82, 2.24) is 9.88 Å². The minimum absolute atomic E-state index is 0.211. The molecule has 2 aromatic rings. The molecule has 1 aromatic carbocycles. The van der Waals surface area contributed by atoms with Gasteiger partial charge in [0.15, 0.2) is 11.5 Å². The van der Waals surface area contributed by atoms with Gasteiger partial charge in [0.05, 0.1) is 12.8 Å². The molecule has 1 saturated heterocycles. The first-order valence-corrected chi connectivity index (χ1v) is 9.91. The standard InChI is InChI=1S/C22H26N2O4/c1-14-3-4-21(23-9-14)22(25)6-5-15-10-24(12-17(15)22)11-16-7-19-20(28-13-27-19)8-18(16)26-2/h3-4,7-9,15,17,25H,5-6,10-13H2,1-2H3/t15-,17+,22-/m0/s1. The van der Waals surface area contributed by atoms with Crippen LogP contribution in [-0.2, 0) is 12.1 Å². The Balaban J connectivity index is 1.36. The SMILES string of the molecule is COc1cc2c(cc1CN1C[C@@H]3CC[C@@](O)(c4ccc(C)cn4)[C@@H]3C1)OCO2. The number of ether oxygens (including phenoxy) is 3. The summed E-state index contributed by atoms with van der Waals surface area (Å²) in [5, 5.41) is 11.5. The van der Waals surface area contributed by atoms with Crippen molar-refractivity contribution in [2.24, 2.45) is 11.8 Å². The van der Waals surface area contributed by atoms with Gasteiger partial charge < -0.3 is 19.3 Å². The first-order valence-electron chi connectivity index (χ1n) is 9.91. The lowest BCUT2D eigenvalue weighted by Gasteiger charge is -2.30. The lowest BCUT2D eigenvalue weighted by molar-refractivity contribution is -0.0108. The number of pyridine rings is 1. The second-order valence-corrected chi connectivity index (χ2v) is 8.26. The van der Waals surface area contributed by atoms with E-state index >= 15 is 0 Å². The van der Waals surface area contributed by atoms with Crippen LogP contribution in [0.4, 0.5) is 0 Å². The van der Waals surface area contributed by atoms with E-state index in [4.69, 9.17) is 14.2 Å². The number of aromatic nitrogens is 1. The third kappa shape index (κ3) is 2.83. The highest BCUT2D eigenvalue weighted by atomic mass is 16.7. The van der Waals surface area contributed by atoms with E-state index < -0.39 is 5.60 Å². The Hall–Kier alpha value is -2.31. The molecule has 0 amide bonds. The van der Waals surface area contributed by atoms with Gasteiger partial charge in [0.2, 0.25) is 6.79 Å². The van der Waals surface area contributed by atoms with Crippen molar-refractivity contribution < 1.29 is 19.3 Å². The van der Waals surface area contributed by atoms with Crippen molar-refractivity contribution in [3.05, 3.63) is 47.3 Å². The van der Waals surface area contributed by atoms with Gasteiger partial charge in [-0.1, -0.05) is 6.07 Å². The molecule has 1 N–H and O–H groups in total. The Morgan fingerprint density at radius 1 is 1.25 bits per heavy atom. The maximum atomic E-state index is 11.5. The average Bonchev–Trinajstić information content (AvgIpc) is 3.39. The fourth-order valence-electron chi connectivity index (χ4n) is 5.08. The number of rotatable bonds is 4. The Bertz CT molecular complexity index is 885. The number of hydrogen-bond donors (Lipinski definition) is 1.